The Morgan fingerprint density at radius 2 is 1.66 bits per heavy atom. The van der Waals surface area contributed by atoms with Gasteiger partial charge in [-0.3, -0.25) is 14.7 Å². The van der Waals surface area contributed by atoms with Gasteiger partial charge in [0.1, 0.15) is 5.75 Å². The molecule has 35 heavy (non-hydrogen) atoms. The predicted octanol–water partition coefficient (Wildman–Crippen LogP) is 4.78. The summed E-state index contributed by atoms with van der Waals surface area (Å²) in [5, 5.41) is 3.11. The largest absolute Gasteiger partial charge is 0.415 e. The van der Waals surface area contributed by atoms with Crippen molar-refractivity contribution in [3.8, 4) is 5.75 Å². The summed E-state index contributed by atoms with van der Waals surface area (Å²) < 4.78 is 5.56. The zero-order chi connectivity index (χ0) is 25.5. The average molecular weight is 481 g/mol. The second-order valence-corrected chi connectivity index (χ2v) is 11.2. The minimum absolute atomic E-state index is 0.111. The second-order valence-electron chi connectivity index (χ2n) is 11.2. The number of carbonyl (C=O) groups excluding carboxylic acids is 2. The molecule has 7 heteroatoms. The number of ether oxygens (including phenoxy) is 1. The molecule has 0 atom stereocenters. The smallest absolute Gasteiger partial charge is 0.410 e. The van der Waals surface area contributed by atoms with Crippen LogP contribution in [0.25, 0.3) is 0 Å². The van der Waals surface area contributed by atoms with Crippen molar-refractivity contribution >= 4 is 12.0 Å². The number of carbonyl (C=O) groups is 2. The number of nitrogens with zero attached hydrogens (tertiary/aromatic N) is 3. The summed E-state index contributed by atoms with van der Waals surface area (Å²) in [5.74, 6) is 0.314. The summed E-state index contributed by atoms with van der Waals surface area (Å²) in [4.78, 5) is 33.8. The van der Waals surface area contributed by atoms with Gasteiger partial charge >= 0.3 is 6.09 Å². The Kier molecular flexibility index (Phi) is 8.89. The first-order valence-corrected chi connectivity index (χ1v) is 12.5. The number of hydrogen-bond acceptors (Lipinski definition) is 5. The highest BCUT2D eigenvalue weighted by molar-refractivity contribution is 5.94. The zero-order valence-corrected chi connectivity index (χ0v) is 21.8. The Hall–Kier alpha value is -2.93. The van der Waals surface area contributed by atoms with Crippen LogP contribution in [0.4, 0.5) is 4.79 Å². The van der Waals surface area contributed by atoms with Crippen LogP contribution < -0.4 is 10.1 Å². The molecule has 1 aliphatic heterocycles. The van der Waals surface area contributed by atoms with Crippen molar-refractivity contribution in [2.24, 2.45) is 5.41 Å². The number of piperazine rings is 1. The third-order valence-corrected chi connectivity index (χ3v) is 6.01. The zero-order valence-electron chi connectivity index (χ0n) is 21.8. The van der Waals surface area contributed by atoms with E-state index in [0.717, 1.165) is 44.6 Å². The number of rotatable bonds is 8. The van der Waals surface area contributed by atoms with E-state index in [4.69, 9.17) is 4.74 Å². The molecule has 3 rings (SSSR count). The first kappa shape index (κ1) is 26.7. The fraction of sp³-hybridized carbons (Fsp3) is 0.536. The van der Waals surface area contributed by atoms with E-state index in [-0.39, 0.29) is 23.0 Å². The lowest BCUT2D eigenvalue weighted by Gasteiger charge is -2.34. The van der Waals surface area contributed by atoms with Crippen LogP contribution in [0.15, 0.2) is 48.7 Å². The van der Waals surface area contributed by atoms with E-state index < -0.39 is 0 Å². The molecule has 1 fully saturated rings. The molecule has 2 amide bonds. The maximum atomic E-state index is 12.7. The maximum absolute atomic E-state index is 12.7. The second kappa shape index (κ2) is 11.7. The van der Waals surface area contributed by atoms with Crippen LogP contribution in [-0.4, -0.2) is 65.0 Å². The van der Waals surface area contributed by atoms with Crippen molar-refractivity contribution < 1.29 is 14.3 Å². The highest BCUT2D eigenvalue weighted by Gasteiger charge is 2.27. The molecule has 7 nitrogen and oxygen atoms in total. The third kappa shape index (κ3) is 8.98. The van der Waals surface area contributed by atoms with Gasteiger partial charge in [-0.05, 0) is 81.5 Å². The molecule has 1 N–H and O–H groups in total. The van der Waals surface area contributed by atoms with E-state index >= 15 is 0 Å². The fourth-order valence-electron chi connectivity index (χ4n) is 4.77. The van der Waals surface area contributed by atoms with Crippen molar-refractivity contribution in [1.82, 2.24) is 20.1 Å². The number of hydrogen-bond donors (Lipinski definition) is 1. The van der Waals surface area contributed by atoms with Crippen molar-refractivity contribution in [2.75, 3.05) is 32.7 Å². The minimum atomic E-state index is -0.346. The van der Waals surface area contributed by atoms with Crippen LogP contribution in [0.3, 0.4) is 0 Å². The quantitative estimate of drug-likeness (QED) is 0.589. The van der Waals surface area contributed by atoms with Crippen molar-refractivity contribution in [3.05, 3.63) is 59.9 Å². The van der Waals surface area contributed by atoms with Gasteiger partial charge < -0.3 is 15.0 Å². The molecule has 190 valence electrons. The summed E-state index contributed by atoms with van der Waals surface area (Å²) >= 11 is 0. The number of nitrogens with one attached hydrogen (secondary N) is 1. The molecule has 0 saturated carbocycles. The Morgan fingerprint density at radius 1 is 0.971 bits per heavy atom. The Bertz CT molecular complexity index is 960. The van der Waals surface area contributed by atoms with E-state index in [2.05, 4.69) is 42.0 Å². The first-order chi connectivity index (χ1) is 16.5. The highest BCUT2D eigenvalue weighted by atomic mass is 16.6. The molecule has 2 aromatic rings. The Morgan fingerprint density at radius 3 is 2.26 bits per heavy atom. The third-order valence-electron chi connectivity index (χ3n) is 6.01. The van der Waals surface area contributed by atoms with Gasteiger partial charge in [-0.25, -0.2) is 4.79 Å². The number of aromatic nitrogens is 1. The van der Waals surface area contributed by atoms with E-state index in [1.54, 1.807) is 29.2 Å². The molecule has 0 bridgehead atoms. The van der Waals surface area contributed by atoms with Gasteiger partial charge in [0.15, 0.2) is 0 Å². The molecule has 1 aromatic heterocycles. The summed E-state index contributed by atoms with van der Waals surface area (Å²) in [6.07, 6.45) is 4.36. The first-order valence-electron chi connectivity index (χ1n) is 12.5. The Balaban J connectivity index is 1.41. The van der Waals surface area contributed by atoms with Crippen LogP contribution in [0.1, 0.15) is 63.5 Å². The number of aryl methyl sites for hydroxylation is 1. The van der Waals surface area contributed by atoms with Gasteiger partial charge in [0.05, 0.1) is 0 Å². The number of benzene rings is 1. The van der Waals surface area contributed by atoms with Gasteiger partial charge in [0.2, 0.25) is 0 Å². The van der Waals surface area contributed by atoms with Crippen LogP contribution in [0, 0.1) is 5.41 Å². The van der Waals surface area contributed by atoms with E-state index in [9.17, 15) is 9.59 Å². The van der Waals surface area contributed by atoms with Crippen LogP contribution in [-0.2, 0) is 6.42 Å². The number of amides is 2. The minimum Gasteiger partial charge on any atom is -0.410 e. The van der Waals surface area contributed by atoms with Crippen molar-refractivity contribution in [1.29, 1.82) is 0 Å². The molecule has 1 aromatic carbocycles. The van der Waals surface area contributed by atoms with E-state index in [1.165, 1.54) is 0 Å². The topological polar surface area (TPSA) is 74.8 Å². The normalized spacial score (nSPS) is 15.1. The van der Waals surface area contributed by atoms with Crippen molar-refractivity contribution in [2.45, 2.75) is 59.4 Å². The lowest BCUT2D eigenvalue weighted by molar-refractivity contribution is 0.0891. The summed E-state index contributed by atoms with van der Waals surface area (Å²) in [5.41, 5.74) is 1.46. The molecule has 0 unspecified atom stereocenters. The molecule has 0 radical (unpaired) electrons. The number of pyridine rings is 1. The molecule has 1 aliphatic rings. The van der Waals surface area contributed by atoms with Crippen molar-refractivity contribution in [3.63, 3.8) is 0 Å². The van der Waals surface area contributed by atoms with Crippen LogP contribution >= 0.6 is 0 Å². The standard InChI is InChI=1S/C28H40N4O3/c1-27(2,3)21-28(4,5)30-25(33)22-11-13-24(14-12-22)35-26(34)32-19-17-31(18-20-32)16-8-10-23-9-6-7-15-29-23/h6-7,9,11-15H,8,10,16-21H2,1-5H3,(H,30,33). The molecule has 1 saturated heterocycles. The lowest BCUT2D eigenvalue weighted by Crippen LogP contribution is -2.49. The summed E-state index contributed by atoms with van der Waals surface area (Å²) in [6, 6.07) is 12.8. The highest BCUT2D eigenvalue weighted by Crippen LogP contribution is 2.27. The van der Waals surface area contributed by atoms with E-state index in [1.807, 2.05) is 32.2 Å². The molecular weight excluding hydrogens is 440 g/mol. The SMILES string of the molecule is CC(C)(C)CC(C)(C)NC(=O)c1ccc(OC(=O)N2CCN(CCCc3ccccn3)CC2)cc1. The van der Waals surface area contributed by atoms with Crippen LogP contribution in [0.5, 0.6) is 5.75 Å². The fourth-order valence-corrected chi connectivity index (χ4v) is 4.77. The van der Waals surface area contributed by atoms with Gasteiger partial charge in [-0.1, -0.05) is 26.8 Å². The van der Waals surface area contributed by atoms with Gasteiger partial charge in [-0.15, -0.1) is 0 Å². The lowest BCUT2D eigenvalue weighted by atomic mass is 9.81. The molecule has 0 aliphatic carbocycles. The maximum Gasteiger partial charge on any atom is 0.415 e. The summed E-state index contributed by atoms with van der Waals surface area (Å²) in [7, 11) is 0. The Labute approximate surface area is 209 Å². The summed E-state index contributed by atoms with van der Waals surface area (Å²) in [6.45, 7) is 14.5. The molecular formula is C28H40N4O3. The van der Waals surface area contributed by atoms with Gasteiger partial charge in [0, 0.05) is 49.2 Å². The van der Waals surface area contributed by atoms with Gasteiger partial charge in [-0.2, -0.15) is 0 Å². The molecule has 0 spiro atoms. The average Bonchev–Trinajstić information content (AvgIpc) is 2.78. The van der Waals surface area contributed by atoms with Crippen LogP contribution in [0.2, 0.25) is 0 Å². The monoisotopic (exact) mass is 480 g/mol. The van der Waals surface area contributed by atoms with Gasteiger partial charge in [0.25, 0.3) is 5.91 Å². The van der Waals surface area contributed by atoms with E-state index in [0.29, 0.717) is 24.4 Å². The predicted molar refractivity (Wildman–Crippen MR) is 139 cm³/mol. The molecule has 2 heterocycles.